The van der Waals surface area contributed by atoms with Gasteiger partial charge in [-0.25, -0.2) is 4.39 Å². The molecule has 1 aliphatic rings. The molecule has 3 aromatic rings. The summed E-state index contributed by atoms with van der Waals surface area (Å²) in [5, 5.41) is 7.30. The van der Waals surface area contributed by atoms with Gasteiger partial charge in [-0.15, -0.1) is 24.0 Å². The van der Waals surface area contributed by atoms with Crippen molar-refractivity contribution in [3.63, 3.8) is 0 Å². The number of nitrogens with zero attached hydrogens (tertiary/aromatic N) is 5. The summed E-state index contributed by atoms with van der Waals surface area (Å²) in [6.07, 6.45) is 4.78. The van der Waals surface area contributed by atoms with Gasteiger partial charge in [-0.05, 0) is 29.8 Å². The highest BCUT2D eigenvalue weighted by Crippen LogP contribution is 2.24. The van der Waals surface area contributed by atoms with Crippen LogP contribution in [0.15, 0.2) is 64.6 Å². The predicted octanol–water partition coefficient (Wildman–Crippen LogP) is 3.51. The predicted molar refractivity (Wildman–Crippen MR) is 130 cm³/mol. The zero-order valence-corrected chi connectivity index (χ0v) is 20.1. The molecule has 8 nitrogen and oxygen atoms in total. The number of aliphatic imine (C=N–C) groups is 1. The fourth-order valence-corrected chi connectivity index (χ4v) is 3.45. The first-order valence-corrected chi connectivity index (χ1v) is 10.1. The molecule has 3 heterocycles. The van der Waals surface area contributed by atoms with Crippen molar-refractivity contribution >= 4 is 29.9 Å². The van der Waals surface area contributed by atoms with Crippen molar-refractivity contribution < 1.29 is 13.7 Å². The van der Waals surface area contributed by atoms with Gasteiger partial charge in [0.1, 0.15) is 12.0 Å². The van der Waals surface area contributed by atoms with Crippen LogP contribution in [0.4, 0.5) is 4.39 Å². The number of rotatable bonds is 6. The monoisotopic (exact) mass is 552 g/mol. The molecule has 0 atom stereocenters. The van der Waals surface area contributed by atoms with Gasteiger partial charge in [-0.3, -0.25) is 14.9 Å². The van der Waals surface area contributed by atoms with Crippen LogP contribution in [0.1, 0.15) is 11.3 Å². The second-order valence-corrected chi connectivity index (χ2v) is 7.21. The van der Waals surface area contributed by atoms with E-state index in [2.05, 4.69) is 30.2 Å². The Morgan fingerprint density at radius 3 is 2.72 bits per heavy atom. The average Bonchev–Trinajstić information content (AvgIpc) is 3.31. The number of guanidine groups is 1. The highest BCUT2D eigenvalue weighted by molar-refractivity contribution is 14.0. The van der Waals surface area contributed by atoms with Gasteiger partial charge in [-0.2, -0.15) is 0 Å². The standard InChI is InChI=1S/C22H25FN6O2.HI/c1-24-22(29-10-8-28(9-11-29)16-18-6-12-30-27-18)26-14-17-4-5-21(20(23)13-17)31-19-3-2-7-25-15-19;/h2-7,12-13,15H,8-11,14,16H2,1H3,(H,24,26);1H. The Balaban J connectivity index is 0.00000289. The second-order valence-electron chi connectivity index (χ2n) is 7.21. The van der Waals surface area contributed by atoms with Gasteiger partial charge in [0, 0.05) is 58.6 Å². The fraction of sp³-hybridized carbons (Fsp3) is 0.318. The van der Waals surface area contributed by atoms with Gasteiger partial charge in [0.05, 0.1) is 11.9 Å². The van der Waals surface area contributed by atoms with E-state index in [0.717, 1.165) is 49.9 Å². The largest absolute Gasteiger partial charge is 0.453 e. The number of hydrogen-bond donors (Lipinski definition) is 1. The van der Waals surface area contributed by atoms with Crippen LogP contribution >= 0.6 is 24.0 Å². The van der Waals surface area contributed by atoms with E-state index in [9.17, 15) is 4.39 Å². The molecule has 0 radical (unpaired) electrons. The summed E-state index contributed by atoms with van der Waals surface area (Å²) in [5.74, 6) is 1.05. The quantitative estimate of drug-likeness (QED) is 0.285. The highest BCUT2D eigenvalue weighted by Gasteiger charge is 2.20. The van der Waals surface area contributed by atoms with Crippen molar-refractivity contribution in [3.05, 3.63) is 72.1 Å². The third-order valence-corrected chi connectivity index (χ3v) is 5.07. The Hall–Kier alpha value is -2.73. The Morgan fingerprint density at radius 2 is 2.06 bits per heavy atom. The van der Waals surface area contributed by atoms with E-state index in [-0.39, 0.29) is 29.7 Å². The van der Waals surface area contributed by atoms with Gasteiger partial charge < -0.3 is 19.5 Å². The lowest BCUT2D eigenvalue weighted by atomic mass is 10.2. The summed E-state index contributed by atoms with van der Waals surface area (Å²) >= 11 is 0. The summed E-state index contributed by atoms with van der Waals surface area (Å²) in [5.41, 5.74) is 1.75. The van der Waals surface area contributed by atoms with Gasteiger partial charge in [0.25, 0.3) is 0 Å². The molecule has 0 unspecified atom stereocenters. The molecule has 1 fully saturated rings. The molecule has 0 amide bonds. The zero-order valence-electron chi connectivity index (χ0n) is 17.8. The number of piperazine rings is 1. The molecule has 0 spiro atoms. The molecular formula is C22H26FIN6O2. The van der Waals surface area contributed by atoms with E-state index in [4.69, 9.17) is 9.26 Å². The molecule has 0 bridgehead atoms. The second kappa shape index (κ2) is 11.8. The van der Waals surface area contributed by atoms with Crippen LogP contribution in [0.5, 0.6) is 11.5 Å². The first-order valence-electron chi connectivity index (χ1n) is 10.1. The SMILES string of the molecule is CN=C(NCc1ccc(Oc2cccnc2)c(F)c1)N1CCN(Cc2ccon2)CC1.I. The first-order chi connectivity index (χ1) is 15.2. The highest BCUT2D eigenvalue weighted by atomic mass is 127. The van der Waals surface area contributed by atoms with Crippen molar-refractivity contribution in [1.82, 2.24) is 25.3 Å². The van der Waals surface area contributed by atoms with E-state index in [1.165, 1.54) is 6.07 Å². The Labute approximate surface area is 203 Å². The molecule has 0 aliphatic carbocycles. The molecule has 32 heavy (non-hydrogen) atoms. The summed E-state index contributed by atoms with van der Waals surface area (Å²) in [4.78, 5) is 12.9. The summed E-state index contributed by atoms with van der Waals surface area (Å²) in [6.45, 7) is 4.76. The summed E-state index contributed by atoms with van der Waals surface area (Å²) in [7, 11) is 1.76. The van der Waals surface area contributed by atoms with E-state index in [0.29, 0.717) is 12.3 Å². The van der Waals surface area contributed by atoms with Crippen LogP contribution in [0.2, 0.25) is 0 Å². The number of halogens is 2. The van der Waals surface area contributed by atoms with Crippen molar-refractivity contribution in [1.29, 1.82) is 0 Å². The molecular weight excluding hydrogens is 526 g/mol. The third-order valence-electron chi connectivity index (χ3n) is 5.07. The van der Waals surface area contributed by atoms with Gasteiger partial charge in [0.2, 0.25) is 0 Å². The smallest absolute Gasteiger partial charge is 0.194 e. The summed E-state index contributed by atoms with van der Waals surface area (Å²) in [6, 6.07) is 10.3. The van der Waals surface area contributed by atoms with Crippen LogP contribution in [0.25, 0.3) is 0 Å². The normalized spacial score (nSPS) is 14.7. The van der Waals surface area contributed by atoms with E-state index in [1.807, 2.05) is 12.1 Å². The minimum atomic E-state index is -0.417. The summed E-state index contributed by atoms with van der Waals surface area (Å²) < 4.78 is 24.9. The molecule has 1 saturated heterocycles. The van der Waals surface area contributed by atoms with Crippen molar-refractivity contribution in [3.8, 4) is 11.5 Å². The Bertz CT molecular complexity index is 995. The zero-order chi connectivity index (χ0) is 21.5. The number of pyridine rings is 1. The number of benzene rings is 1. The van der Waals surface area contributed by atoms with E-state index in [1.54, 1.807) is 43.9 Å². The molecule has 0 saturated carbocycles. The number of aromatic nitrogens is 2. The van der Waals surface area contributed by atoms with E-state index < -0.39 is 5.82 Å². The lowest BCUT2D eigenvalue weighted by Gasteiger charge is -2.36. The molecule has 1 aliphatic heterocycles. The van der Waals surface area contributed by atoms with Gasteiger partial charge in [0.15, 0.2) is 17.5 Å². The van der Waals surface area contributed by atoms with Gasteiger partial charge >= 0.3 is 0 Å². The molecule has 2 aromatic heterocycles. The lowest BCUT2D eigenvalue weighted by Crippen LogP contribution is -2.52. The maximum Gasteiger partial charge on any atom is 0.194 e. The molecule has 10 heteroatoms. The minimum absolute atomic E-state index is 0. The van der Waals surface area contributed by atoms with Crippen LogP contribution in [0.3, 0.4) is 0 Å². The molecule has 4 rings (SSSR count). The lowest BCUT2D eigenvalue weighted by molar-refractivity contribution is 0.169. The Morgan fingerprint density at radius 1 is 1.22 bits per heavy atom. The maximum absolute atomic E-state index is 14.5. The van der Waals surface area contributed by atoms with Crippen molar-refractivity contribution in [2.75, 3.05) is 33.2 Å². The number of hydrogen-bond acceptors (Lipinski definition) is 6. The molecule has 1 aromatic carbocycles. The topological polar surface area (TPSA) is 79.0 Å². The van der Waals surface area contributed by atoms with Gasteiger partial charge in [-0.1, -0.05) is 11.2 Å². The van der Waals surface area contributed by atoms with E-state index >= 15 is 0 Å². The Kier molecular flexibility index (Phi) is 8.80. The molecule has 170 valence electrons. The first kappa shape index (κ1) is 23.9. The minimum Gasteiger partial charge on any atom is -0.453 e. The average molecular weight is 552 g/mol. The van der Waals surface area contributed by atoms with Crippen molar-refractivity contribution in [2.24, 2.45) is 4.99 Å². The number of nitrogens with one attached hydrogen (secondary N) is 1. The van der Waals surface area contributed by atoms with Crippen LogP contribution < -0.4 is 10.1 Å². The molecule has 1 N–H and O–H groups in total. The van der Waals surface area contributed by atoms with Crippen LogP contribution in [-0.4, -0.2) is 59.1 Å². The maximum atomic E-state index is 14.5. The number of ether oxygens (including phenoxy) is 1. The third kappa shape index (κ3) is 6.39. The van der Waals surface area contributed by atoms with Crippen LogP contribution in [-0.2, 0) is 13.1 Å². The van der Waals surface area contributed by atoms with Crippen LogP contribution in [0, 0.1) is 5.82 Å². The van der Waals surface area contributed by atoms with Crippen molar-refractivity contribution in [2.45, 2.75) is 13.1 Å². The fourth-order valence-electron chi connectivity index (χ4n) is 3.45.